The fourth-order valence-electron chi connectivity index (χ4n) is 2.88. The lowest BCUT2D eigenvalue weighted by molar-refractivity contribution is -0.137. The number of aliphatic carboxylic acids is 1. The summed E-state index contributed by atoms with van der Waals surface area (Å²) < 4.78 is 0. The van der Waals surface area contributed by atoms with E-state index >= 15 is 0 Å². The van der Waals surface area contributed by atoms with Gasteiger partial charge in [-0.25, -0.2) is 0 Å². The van der Waals surface area contributed by atoms with Crippen LogP contribution in [0.1, 0.15) is 116 Å². The van der Waals surface area contributed by atoms with Crippen molar-refractivity contribution in [1.82, 2.24) is 0 Å². The number of carboxylic acid groups (broad SMARTS) is 1. The van der Waals surface area contributed by atoms with Crippen LogP contribution in [0.5, 0.6) is 0 Å². The van der Waals surface area contributed by atoms with Gasteiger partial charge in [0.05, 0.1) is 0 Å². The van der Waals surface area contributed by atoms with Gasteiger partial charge in [-0.15, -0.1) is 0 Å². The van der Waals surface area contributed by atoms with Crippen molar-refractivity contribution in [2.75, 3.05) is 0 Å². The lowest BCUT2D eigenvalue weighted by Crippen LogP contribution is -1.93. The Hall–Kier alpha value is -0.790. The molecule has 2 nitrogen and oxygen atoms in total. The molecule has 0 rings (SSSR count). The van der Waals surface area contributed by atoms with Crippen molar-refractivity contribution >= 4 is 5.97 Å². The minimum atomic E-state index is -0.658. The Kier molecular flexibility index (Phi) is 18.6. The molecule has 0 aromatic rings. The van der Waals surface area contributed by atoms with Gasteiger partial charge in [0.25, 0.3) is 0 Å². The van der Waals surface area contributed by atoms with Crippen LogP contribution in [0.3, 0.4) is 0 Å². The molecular weight excluding hydrogens is 284 g/mol. The quantitative estimate of drug-likeness (QED) is 0.212. The second-order valence-corrected chi connectivity index (χ2v) is 6.79. The number of rotatable bonds is 18. The highest BCUT2D eigenvalue weighted by molar-refractivity contribution is 5.66. The molecule has 1 N–H and O–H groups in total. The van der Waals surface area contributed by atoms with Crippen molar-refractivity contribution < 1.29 is 9.90 Å². The van der Waals surface area contributed by atoms with E-state index in [2.05, 4.69) is 19.1 Å². The van der Waals surface area contributed by atoms with Crippen molar-refractivity contribution in [2.24, 2.45) is 0 Å². The standard InChI is InChI=1S/C21H40O2/c1-2-3-4-5-6-7-8-9-10-11-12-13-14-15-16-17-18-19-20-21(22)23/h9-10H,2-8,11-20H2,1H3,(H,22,23)/b10-9+. The molecule has 2 heteroatoms. The topological polar surface area (TPSA) is 37.3 Å². The average molecular weight is 325 g/mol. The Morgan fingerprint density at radius 1 is 0.652 bits per heavy atom. The minimum absolute atomic E-state index is 0.338. The molecule has 0 radical (unpaired) electrons. The number of carboxylic acids is 1. The molecule has 0 saturated heterocycles. The molecule has 0 heterocycles. The van der Waals surface area contributed by atoms with Gasteiger partial charge in [0.2, 0.25) is 0 Å². The summed E-state index contributed by atoms with van der Waals surface area (Å²) in [4.78, 5) is 10.4. The van der Waals surface area contributed by atoms with Gasteiger partial charge in [0.15, 0.2) is 0 Å². The third-order valence-electron chi connectivity index (χ3n) is 4.40. The molecule has 0 spiro atoms. The fourth-order valence-corrected chi connectivity index (χ4v) is 2.88. The van der Waals surface area contributed by atoms with Gasteiger partial charge in [0, 0.05) is 6.42 Å². The second-order valence-electron chi connectivity index (χ2n) is 6.79. The summed E-state index contributed by atoms with van der Waals surface area (Å²) in [6, 6.07) is 0. The first-order valence-corrected chi connectivity index (χ1v) is 10.1. The Bertz CT molecular complexity index is 271. The molecule has 0 atom stereocenters. The van der Waals surface area contributed by atoms with Crippen molar-refractivity contribution in [3.8, 4) is 0 Å². The van der Waals surface area contributed by atoms with E-state index in [-0.39, 0.29) is 0 Å². The van der Waals surface area contributed by atoms with Crippen LogP contribution in [-0.2, 0) is 4.79 Å². The van der Waals surface area contributed by atoms with Crippen molar-refractivity contribution in [2.45, 2.75) is 116 Å². The molecule has 136 valence electrons. The largest absolute Gasteiger partial charge is 0.481 e. The van der Waals surface area contributed by atoms with Crippen molar-refractivity contribution in [1.29, 1.82) is 0 Å². The summed E-state index contributed by atoms with van der Waals surface area (Å²) in [5.74, 6) is -0.658. The second kappa shape index (κ2) is 19.3. The van der Waals surface area contributed by atoms with Gasteiger partial charge < -0.3 is 5.11 Å². The summed E-state index contributed by atoms with van der Waals surface area (Å²) in [5.41, 5.74) is 0. The van der Waals surface area contributed by atoms with Gasteiger partial charge >= 0.3 is 5.97 Å². The zero-order valence-electron chi connectivity index (χ0n) is 15.5. The smallest absolute Gasteiger partial charge is 0.303 e. The molecule has 0 bridgehead atoms. The minimum Gasteiger partial charge on any atom is -0.481 e. The highest BCUT2D eigenvalue weighted by atomic mass is 16.4. The zero-order chi connectivity index (χ0) is 17.0. The van der Waals surface area contributed by atoms with Crippen LogP contribution in [0.4, 0.5) is 0 Å². The normalized spacial score (nSPS) is 11.3. The molecule has 23 heavy (non-hydrogen) atoms. The van der Waals surface area contributed by atoms with E-state index in [9.17, 15) is 4.79 Å². The summed E-state index contributed by atoms with van der Waals surface area (Å²) in [6.45, 7) is 2.27. The van der Waals surface area contributed by atoms with Crippen molar-refractivity contribution in [3.05, 3.63) is 12.2 Å². The van der Waals surface area contributed by atoms with Gasteiger partial charge in [-0.1, -0.05) is 89.7 Å². The van der Waals surface area contributed by atoms with E-state index in [4.69, 9.17) is 5.11 Å². The summed E-state index contributed by atoms with van der Waals surface area (Å²) in [5, 5.41) is 8.54. The van der Waals surface area contributed by atoms with E-state index in [1.165, 1.54) is 89.9 Å². The molecule has 0 aromatic heterocycles. The highest BCUT2D eigenvalue weighted by Crippen LogP contribution is 2.11. The molecular formula is C21H40O2. The maximum atomic E-state index is 10.4. The monoisotopic (exact) mass is 324 g/mol. The lowest BCUT2D eigenvalue weighted by atomic mass is 10.1. The van der Waals surface area contributed by atoms with Crippen LogP contribution >= 0.6 is 0 Å². The van der Waals surface area contributed by atoms with Gasteiger partial charge in [0.1, 0.15) is 0 Å². The van der Waals surface area contributed by atoms with Crippen LogP contribution in [0.2, 0.25) is 0 Å². The molecule has 0 aromatic carbocycles. The fraction of sp³-hybridized carbons (Fsp3) is 0.857. The summed E-state index contributed by atoms with van der Waals surface area (Å²) in [7, 11) is 0. The number of hydrogen-bond acceptors (Lipinski definition) is 1. The Labute approximate surface area is 144 Å². The van der Waals surface area contributed by atoms with Crippen LogP contribution in [-0.4, -0.2) is 11.1 Å². The average Bonchev–Trinajstić information content (AvgIpc) is 2.53. The molecule has 0 aliphatic heterocycles. The lowest BCUT2D eigenvalue weighted by Gasteiger charge is -2.01. The maximum absolute atomic E-state index is 10.4. The molecule has 0 unspecified atom stereocenters. The SMILES string of the molecule is CCCCCCCC/C=C/CCCCCCCCCCC(=O)O. The Morgan fingerprint density at radius 3 is 1.48 bits per heavy atom. The third kappa shape index (κ3) is 21.2. The molecule has 0 saturated carbocycles. The van der Waals surface area contributed by atoms with Gasteiger partial charge in [-0.05, 0) is 32.1 Å². The molecule has 0 aliphatic rings. The number of allylic oxidation sites excluding steroid dienone is 2. The maximum Gasteiger partial charge on any atom is 0.303 e. The van der Waals surface area contributed by atoms with Crippen LogP contribution in [0.15, 0.2) is 12.2 Å². The predicted molar refractivity (Wildman–Crippen MR) is 101 cm³/mol. The van der Waals surface area contributed by atoms with Crippen molar-refractivity contribution in [3.63, 3.8) is 0 Å². The highest BCUT2D eigenvalue weighted by Gasteiger charge is 1.96. The molecule has 0 fully saturated rings. The molecule has 0 aliphatic carbocycles. The van der Waals surface area contributed by atoms with Crippen LogP contribution in [0.25, 0.3) is 0 Å². The van der Waals surface area contributed by atoms with Crippen LogP contribution < -0.4 is 0 Å². The van der Waals surface area contributed by atoms with E-state index < -0.39 is 5.97 Å². The summed E-state index contributed by atoms with van der Waals surface area (Å²) in [6.07, 6.45) is 25.6. The van der Waals surface area contributed by atoms with E-state index in [1.807, 2.05) is 0 Å². The first kappa shape index (κ1) is 22.2. The van der Waals surface area contributed by atoms with Gasteiger partial charge in [-0.3, -0.25) is 4.79 Å². The molecule has 0 amide bonds. The third-order valence-corrected chi connectivity index (χ3v) is 4.40. The number of hydrogen-bond donors (Lipinski definition) is 1. The Morgan fingerprint density at radius 2 is 1.04 bits per heavy atom. The zero-order valence-corrected chi connectivity index (χ0v) is 15.5. The van der Waals surface area contributed by atoms with E-state index in [0.29, 0.717) is 6.42 Å². The van der Waals surface area contributed by atoms with E-state index in [1.54, 1.807) is 0 Å². The Balaban J connectivity index is 3.06. The van der Waals surface area contributed by atoms with Crippen LogP contribution in [0, 0.1) is 0 Å². The predicted octanol–water partition coefficient (Wildman–Crippen LogP) is 7.28. The summed E-state index contributed by atoms with van der Waals surface area (Å²) >= 11 is 0. The van der Waals surface area contributed by atoms with E-state index in [0.717, 1.165) is 12.8 Å². The first-order chi connectivity index (χ1) is 11.3. The van der Waals surface area contributed by atoms with Gasteiger partial charge in [-0.2, -0.15) is 0 Å². The number of carbonyl (C=O) groups is 1. The first-order valence-electron chi connectivity index (χ1n) is 10.1. The number of unbranched alkanes of at least 4 members (excludes halogenated alkanes) is 14.